The third kappa shape index (κ3) is 11.9. The second-order valence-corrected chi connectivity index (χ2v) is 39.8. The van der Waals surface area contributed by atoms with Crippen molar-refractivity contribution in [2.45, 2.75) is 74.5 Å². The van der Waals surface area contributed by atoms with Crippen LogP contribution in [0, 0.1) is 0 Å². The summed E-state index contributed by atoms with van der Waals surface area (Å²) in [4.78, 5) is 23.7. The molecule has 124 valence electrons. The van der Waals surface area contributed by atoms with E-state index in [0.717, 1.165) is 25.7 Å². The normalized spacial score (nSPS) is 14.4. The topological polar surface area (TPSA) is 52.6 Å². The van der Waals surface area contributed by atoms with Crippen LogP contribution in [0.3, 0.4) is 0 Å². The first kappa shape index (κ1) is 21.7. The fourth-order valence-corrected chi connectivity index (χ4v) is 11.3. The molecule has 0 N–H and O–H groups in total. The van der Waals surface area contributed by atoms with E-state index in [1.807, 2.05) is 13.8 Å². The summed E-state index contributed by atoms with van der Waals surface area (Å²) < 4.78 is 11.2. The SMILES string of the molecule is CCCC(C)OC(=O)[CH2][Sn]([Br])([Br])[CH2]C(=O)OC(C)CCC. The van der Waals surface area contributed by atoms with Crippen molar-refractivity contribution < 1.29 is 19.1 Å². The summed E-state index contributed by atoms with van der Waals surface area (Å²) >= 11 is 4.02. The van der Waals surface area contributed by atoms with Crippen LogP contribution in [-0.4, -0.2) is 38.1 Å². The fourth-order valence-electron chi connectivity index (χ4n) is 1.95. The molecule has 0 aromatic carbocycles. The number of hydrogen-bond donors (Lipinski definition) is 0. The van der Waals surface area contributed by atoms with Crippen molar-refractivity contribution in [3.8, 4) is 0 Å². The predicted octanol–water partition coefficient (Wildman–Crippen LogP) is 4.68. The summed E-state index contributed by atoms with van der Waals surface area (Å²) in [5, 5.41) is 0. The van der Waals surface area contributed by atoms with E-state index in [1.54, 1.807) is 0 Å². The van der Waals surface area contributed by atoms with Crippen molar-refractivity contribution in [1.29, 1.82) is 0 Å². The van der Waals surface area contributed by atoms with Gasteiger partial charge in [0.15, 0.2) is 0 Å². The molecule has 0 aromatic rings. The van der Waals surface area contributed by atoms with Crippen LogP contribution < -0.4 is 0 Å². The molecule has 4 nitrogen and oxygen atoms in total. The molecule has 2 unspecified atom stereocenters. The molecule has 0 aliphatic rings. The molecule has 0 amide bonds. The molecule has 21 heavy (non-hydrogen) atoms. The van der Waals surface area contributed by atoms with E-state index in [0.29, 0.717) is 0 Å². The second kappa shape index (κ2) is 11.3. The summed E-state index contributed by atoms with van der Waals surface area (Å²) in [6.07, 6.45) is 3.53. The van der Waals surface area contributed by atoms with Gasteiger partial charge in [-0.3, -0.25) is 0 Å². The van der Waals surface area contributed by atoms with E-state index in [2.05, 4.69) is 39.3 Å². The zero-order chi connectivity index (χ0) is 16.5. The summed E-state index contributed by atoms with van der Waals surface area (Å²) in [6.45, 7) is 7.89. The molecular weight excluding hydrogens is 511 g/mol. The Hall–Kier alpha value is 0.699. The molecule has 0 saturated heterocycles. The molecule has 0 saturated carbocycles. The maximum atomic E-state index is 11.9. The number of carbonyl (C=O) groups is 2. The molecule has 7 heteroatoms. The van der Waals surface area contributed by atoms with Crippen LogP contribution in [-0.2, 0) is 19.1 Å². The van der Waals surface area contributed by atoms with Crippen LogP contribution in [0.5, 0.6) is 0 Å². The van der Waals surface area contributed by atoms with Gasteiger partial charge in [-0.25, -0.2) is 0 Å². The fraction of sp³-hybridized carbons (Fsp3) is 0.857. The average molecular weight is 537 g/mol. The molecule has 0 aliphatic carbocycles. The van der Waals surface area contributed by atoms with Crippen LogP contribution in [0.4, 0.5) is 0 Å². The van der Waals surface area contributed by atoms with E-state index >= 15 is 0 Å². The van der Waals surface area contributed by atoms with Gasteiger partial charge in [0, 0.05) is 0 Å². The van der Waals surface area contributed by atoms with Gasteiger partial charge in [0.25, 0.3) is 0 Å². The monoisotopic (exact) mass is 536 g/mol. The van der Waals surface area contributed by atoms with Crippen LogP contribution in [0.1, 0.15) is 53.4 Å². The summed E-state index contributed by atoms with van der Waals surface area (Å²) in [5.74, 6) is -0.482. The van der Waals surface area contributed by atoms with Crippen LogP contribution in [0.2, 0.25) is 8.87 Å². The van der Waals surface area contributed by atoms with Crippen molar-refractivity contribution in [2.75, 3.05) is 0 Å². The molecule has 0 rings (SSSR count). The minimum absolute atomic E-state index is 0.0684. The molecule has 2 atom stereocenters. The number of ether oxygens (including phenoxy) is 2. The molecule has 0 aliphatic heterocycles. The summed E-state index contributed by atoms with van der Waals surface area (Å²) in [5.41, 5.74) is 0. The Labute approximate surface area is 144 Å². The van der Waals surface area contributed by atoms with Crippen LogP contribution in [0.15, 0.2) is 0 Å². The van der Waals surface area contributed by atoms with Crippen molar-refractivity contribution in [2.24, 2.45) is 0 Å². The van der Waals surface area contributed by atoms with Gasteiger partial charge in [-0.1, -0.05) is 0 Å². The Balaban J connectivity index is 4.23. The minimum atomic E-state index is -3.11. The van der Waals surface area contributed by atoms with Crippen molar-refractivity contribution >= 4 is 51.3 Å². The molecule has 0 fully saturated rings. The summed E-state index contributed by atoms with van der Waals surface area (Å²) in [7, 11) is 0. The van der Waals surface area contributed by atoms with Crippen molar-refractivity contribution in [3.63, 3.8) is 0 Å². The Morgan fingerprint density at radius 2 is 1.24 bits per heavy atom. The van der Waals surface area contributed by atoms with Crippen molar-refractivity contribution in [3.05, 3.63) is 0 Å². The van der Waals surface area contributed by atoms with Gasteiger partial charge in [0.05, 0.1) is 0 Å². The molecular formula is C14H26Br2O4Sn. The predicted molar refractivity (Wildman–Crippen MR) is 94.1 cm³/mol. The summed E-state index contributed by atoms with van der Waals surface area (Å²) in [6, 6.07) is 0. The molecule has 0 bridgehead atoms. The Bertz CT molecular complexity index is 307. The van der Waals surface area contributed by atoms with Gasteiger partial charge in [-0.15, -0.1) is 0 Å². The van der Waals surface area contributed by atoms with E-state index in [9.17, 15) is 9.59 Å². The second-order valence-electron chi connectivity index (χ2n) is 5.39. The van der Waals surface area contributed by atoms with Gasteiger partial charge in [0.1, 0.15) is 0 Å². The van der Waals surface area contributed by atoms with E-state index in [1.165, 1.54) is 0 Å². The Morgan fingerprint density at radius 3 is 1.52 bits per heavy atom. The first-order valence-corrected chi connectivity index (χ1v) is 24.3. The molecule has 0 heterocycles. The van der Waals surface area contributed by atoms with Crippen LogP contribution in [0.25, 0.3) is 0 Å². The third-order valence-corrected chi connectivity index (χ3v) is 15.0. The standard InChI is InChI=1S/2C7H13O2.2BrH.Sn/c2*1-4-5-6(2)9-7(3)8;;;/h2*6H,3-5H2,1-2H3;2*1H;/q;;;;+2/p-2. The van der Waals surface area contributed by atoms with Gasteiger partial charge >= 0.3 is 145 Å². The Kier molecular flexibility index (Phi) is 11.6. The van der Waals surface area contributed by atoms with Gasteiger partial charge < -0.3 is 0 Å². The van der Waals surface area contributed by atoms with Crippen molar-refractivity contribution in [1.82, 2.24) is 0 Å². The number of rotatable bonds is 10. The third-order valence-electron chi connectivity index (χ3n) is 2.86. The first-order chi connectivity index (χ1) is 9.70. The number of carbonyl (C=O) groups excluding carboxylic acids is 2. The zero-order valence-electron chi connectivity index (χ0n) is 13.3. The van der Waals surface area contributed by atoms with E-state index in [-0.39, 0.29) is 33.0 Å². The molecule has 0 aromatic heterocycles. The number of esters is 2. The maximum absolute atomic E-state index is 11.9. The molecule has 0 radical (unpaired) electrons. The Morgan fingerprint density at radius 1 is 0.905 bits per heavy atom. The number of halogens is 2. The quantitative estimate of drug-likeness (QED) is 0.300. The van der Waals surface area contributed by atoms with Gasteiger partial charge in [-0.2, -0.15) is 0 Å². The van der Waals surface area contributed by atoms with E-state index in [4.69, 9.17) is 9.47 Å². The van der Waals surface area contributed by atoms with Gasteiger partial charge in [0.2, 0.25) is 0 Å². The van der Waals surface area contributed by atoms with Crippen LogP contribution >= 0.6 is 25.4 Å². The zero-order valence-corrected chi connectivity index (χ0v) is 19.3. The molecule has 0 spiro atoms. The number of hydrogen-bond acceptors (Lipinski definition) is 4. The van der Waals surface area contributed by atoms with E-state index < -0.39 is 13.9 Å². The average Bonchev–Trinajstić information content (AvgIpc) is 2.26. The van der Waals surface area contributed by atoms with Gasteiger partial charge in [-0.05, 0) is 0 Å². The first-order valence-electron chi connectivity index (χ1n) is 7.47.